The minimum Gasteiger partial charge on any atom is -0.414 e. The van der Waals surface area contributed by atoms with E-state index in [2.05, 4.69) is 60.4 Å². The molecule has 4 atom stereocenters. The van der Waals surface area contributed by atoms with Gasteiger partial charge in [-0.25, -0.2) is 4.79 Å². The molecule has 200 valence electrons. The van der Waals surface area contributed by atoms with E-state index < -0.39 is 35.6 Å². The highest BCUT2D eigenvalue weighted by Crippen LogP contribution is 2.48. The van der Waals surface area contributed by atoms with Gasteiger partial charge in [0.15, 0.2) is 6.23 Å². The maximum absolute atomic E-state index is 12.8. The first-order valence-electron chi connectivity index (χ1n) is 12.7. The molecule has 1 aromatic rings. The van der Waals surface area contributed by atoms with Gasteiger partial charge in [-0.05, 0) is 41.4 Å². The highest BCUT2D eigenvalue weighted by molar-refractivity contribution is 7.98. The summed E-state index contributed by atoms with van der Waals surface area (Å²) >= 11 is 1.58. The van der Waals surface area contributed by atoms with Crippen LogP contribution in [0, 0.1) is 6.92 Å². The van der Waals surface area contributed by atoms with E-state index >= 15 is 0 Å². The van der Waals surface area contributed by atoms with Crippen LogP contribution in [-0.2, 0) is 22.4 Å². The van der Waals surface area contributed by atoms with Crippen LogP contribution in [0.15, 0.2) is 17.1 Å². The second-order valence-electron chi connectivity index (χ2n) is 10.9. The molecule has 0 aromatic carbocycles. The minimum absolute atomic E-state index is 0.193. The first kappa shape index (κ1) is 29.0. The van der Waals surface area contributed by atoms with Crippen molar-refractivity contribution >= 4 is 28.9 Å². The van der Waals surface area contributed by atoms with Gasteiger partial charge in [0.25, 0.3) is 0 Å². The molecule has 35 heavy (non-hydrogen) atoms. The molecular formula is C24H44N2O6SSi2. The molecule has 1 aromatic heterocycles. The Hall–Kier alpha value is -0.536. The van der Waals surface area contributed by atoms with Crippen molar-refractivity contribution < 1.29 is 22.4 Å². The summed E-state index contributed by atoms with van der Waals surface area (Å²) in [4.78, 5) is 17.0. The molecule has 2 fully saturated rings. The number of thioether (sulfide) groups is 1. The summed E-state index contributed by atoms with van der Waals surface area (Å²) in [6, 6.07) is 1.81. The highest BCUT2D eigenvalue weighted by atomic mass is 32.2. The van der Waals surface area contributed by atoms with Gasteiger partial charge >= 0.3 is 22.8 Å². The Balaban J connectivity index is 2.13. The van der Waals surface area contributed by atoms with Crippen LogP contribution >= 0.6 is 11.8 Å². The van der Waals surface area contributed by atoms with Crippen molar-refractivity contribution in [3.05, 3.63) is 28.4 Å². The number of rotatable bonds is 8. The quantitative estimate of drug-likeness (QED) is 0.330. The van der Waals surface area contributed by atoms with Crippen molar-refractivity contribution in [2.24, 2.45) is 0 Å². The van der Waals surface area contributed by atoms with E-state index in [4.69, 9.17) is 22.4 Å². The van der Waals surface area contributed by atoms with E-state index in [-0.39, 0.29) is 34.0 Å². The standard InChI is InChI=1S/C24H44N2O6SSi2/c1-15(2)34(16(3)4)29-13-20-21(31-35(32-34,17(5)6)18(7)8)22(28-14-33-10)23(30-20)26-12-11-19(9)25-24(26)27/h11-12,15-18,20-23H,13-14H2,1-10H3/t20-,21?,22+,23-/m1/s1. The van der Waals surface area contributed by atoms with Gasteiger partial charge in [-0.3, -0.25) is 4.57 Å². The van der Waals surface area contributed by atoms with Crippen molar-refractivity contribution in [1.82, 2.24) is 9.55 Å². The third kappa shape index (κ3) is 5.52. The first-order chi connectivity index (χ1) is 16.4. The zero-order chi connectivity index (χ0) is 26.1. The molecular weight excluding hydrogens is 501 g/mol. The monoisotopic (exact) mass is 544 g/mol. The minimum atomic E-state index is -2.83. The Kier molecular flexibility index (Phi) is 9.51. The van der Waals surface area contributed by atoms with Crippen molar-refractivity contribution in [3.63, 3.8) is 0 Å². The van der Waals surface area contributed by atoms with Gasteiger partial charge in [0.1, 0.15) is 18.3 Å². The molecule has 0 N–H and O–H groups in total. The molecule has 8 nitrogen and oxygen atoms in total. The van der Waals surface area contributed by atoms with E-state index in [1.54, 1.807) is 24.9 Å². The zero-order valence-corrected chi connectivity index (χ0v) is 25.8. The largest absolute Gasteiger partial charge is 0.414 e. The van der Waals surface area contributed by atoms with Gasteiger partial charge in [0.2, 0.25) is 0 Å². The Bertz CT molecular complexity index is 896. The van der Waals surface area contributed by atoms with E-state index in [1.807, 2.05) is 12.3 Å². The molecule has 0 aliphatic carbocycles. The first-order valence-corrected chi connectivity index (χ1v) is 18.1. The van der Waals surface area contributed by atoms with Crippen molar-refractivity contribution in [2.45, 2.75) is 109 Å². The lowest BCUT2D eigenvalue weighted by Crippen LogP contribution is -2.66. The van der Waals surface area contributed by atoms with Gasteiger partial charge in [-0.2, -0.15) is 4.98 Å². The number of hydrogen-bond acceptors (Lipinski definition) is 8. The van der Waals surface area contributed by atoms with Gasteiger partial charge in [-0.1, -0.05) is 55.4 Å². The smallest absolute Gasteiger partial charge is 0.349 e. The summed E-state index contributed by atoms with van der Waals surface area (Å²) in [7, 11) is -5.51. The molecule has 2 saturated heterocycles. The fraction of sp³-hybridized carbons (Fsp3) is 0.833. The lowest BCUT2D eigenvalue weighted by molar-refractivity contribution is -0.0655. The SMILES string of the molecule is CSCO[C@H]1C2O[Si](C(C)C)(C(C)C)O[Si](C(C)C)(C(C)C)OC[C@H]2O[C@H]1n1ccc(C)nc1=O. The lowest BCUT2D eigenvalue weighted by Gasteiger charge is -2.51. The second kappa shape index (κ2) is 11.5. The molecule has 3 rings (SSSR count). The fourth-order valence-electron chi connectivity index (χ4n) is 5.36. The molecule has 3 heterocycles. The molecule has 11 heteroatoms. The van der Waals surface area contributed by atoms with Crippen LogP contribution in [-0.4, -0.2) is 63.8 Å². The molecule has 1 unspecified atom stereocenters. The Morgan fingerprint density at radius 3 is 2.20 bits per heavy atom. The molecule has 0 amide bonds. The summed E-state index contributed by atoms with van der Waals surface area (Å²) in [5.41, 5.74) is 1.19. The summed E-state index contributed by atoms with van der Waals surface area (Å²) in [5, 5.41) is 0. The number of nitrogens with zero attached hydrogens (tertiary/aromatic N) is 2. The van der Waals surface area contributed by atoms with Crippen LogP contribution in [0.5, 0.6) is 0 Å². The second-order valence-corrected chi connectivity index (χ2v) is 20.6. The van der Waals surface area contributed by atoms with E-state index in [0.717, 1.165) is 0 Å². The molecule has 0 spiro atoms. The van der Waals surface area contributed by atoms with Crippen LogP contribution in [0.25, 0.3) is 0 Å². The van der Waals surface area contributed by atoms with E-state index in [9.17, 15) is 4.79 Å². The Morgan fingerprint density at radius 2 is 1.69 bits per heavy atom. The van der Waals surface area contributed by atoms with Crippen LogP contribution < -0.4 is 5.69 Å². The van der Waals surface area contributed by atoms with Crippen LogP contribution in [0.1, 0.15) is 67.3 Å². The molecule has 0 saturated carbocycles. The predicted octanol–water partition coefficient (Wildman–Crippen LogP) is 5.11. The van der Waals surface area contributed by atoms with Crippen molar-refractivity contribution in [2.75, 3.05) is 18.8 Å². The van der Waals surface area contributed by atoms with Gasteiger partial charge in [0.05, 0.1) is 12.5 Å². The number of ether oxygens (including phenoxy) is 2. The topological polar surface area (TPSA) is 81.0 Å². The van der Waals surface area contributed by atoms with Gasteiger partial charge in [0, 0.05) is 11.9 Å². The van der Waals surface area contributed by atoms with Crippen molar-refractivity contribution in [3.8, 4) is 0 Å². The van der Waals surface area contributed by atoms with Gasteiger partial charge < -0.3 is 22.4 Å². The fourth-order valence-corrected chi connectivity index (χ4v) is 16.9. The average molecular weight is 545 g/mol. The summed E-state index contributed by atoms with van der Waals surface area (Å²) in [5.74, 6) is 0.460. The molecule has 2 aliphatic heterocycles. The van der Waals surface area contributed by atoms with Crippen LogP contribution in [0.2, 0.25) is 22.2 Å². The molecule has 0 radical (unpaired) electrons. The third-order valence-electron chi connectivity index (χ3n) is 7.24. The summed E-state index contributed by atoms with van der Waals surface area (Å²) < 4.78 is 35.7. The third-order valence-corrected chi connectivity index (χ3v) is 17.9. The molecule has 2 aliphatic rings. The van der Waals surface area contributed by atoms with Crippen LogP contribution in [0.4, 0.5) is 0 Å². The van der Waals surface area contributed by atoms with E-state index in [0.29, 0.717) is 18.2 Å². The zero-order valence-electron chi connectivity index (χ0n) is 22.9. The van der Waals surface area contributed by atoms with Crippen molar-refractivity contribution in [1.29, 1.82) is 0 Å². The maximum atomic E-state index is 12.8. The number of aryl methyl sites for hydroxylation is 1. The molecule has 0 bridgehead atoms. The van der Waals surface area contributed by atoms with E-state index in [1.165, 1.54) is 4.57 Å². The normalized spacial score (nSPS) is 28.5. The summed E-state index contributed by atoms with van der Waals surface area (Å²) in [6.45, 7) is 19.7. The predicted molar refractivity (Wildman–Crippen MR) is 144 cm³/mol. The number of hydrogen-bond donors (Lipinski definition) is 0. The maximum Gasteiger partial charge on any atom is 0.349 e. The lowest BCUT2D eigenvalue weighted by atomic mass is 10.1. The highest BCUT2D eigenvalue weighted by Gasteiger charge is 2.62. The number of fused-ring (bicyclic) bond motifs is 1. The Morgan fingerprint density at radius 1 is 1.09 bits per heavy atom. The summed E-state index contributed by atoms with van der Waals surface area (Å²) in [6.07, 6.45) is 1.79. The Labute approximate surface area is 216 Å². The average Bonchev–Trinajstić information content (AvgIpc) is 3.07. The van der Waals surface area contributed by atoms with Crippen LogP contribution in [0.3, 0.4) is 0 Å². The van der Waals surface area contributed by atoms with Gasteiger partial charge in [-0.15, -0.1) is 11.8 Å². The number of aromatic nitrogens is 2.